The van der Waals surface area contributed by atoms with Gasteiger partial charge in [-0.05, 0) is 17.7 Å². The molecule has 1 aromatic rings. The van der Waals surface area contributed by atoms with E-state index in [-0.39, 0.29) is 25.0 Å². The number of carbonyl (C=O) groups is 2. The van der Waals surface area contributed by atoms with E-state index in [1.54, 1.807) is 16.9 Å². The van der Waals surface area contributed by atoms with Crippen LogP contribution in [0, 0.1) is 0 Å². The van der Waals surface area contributed by atoms with Crippen molar-refractivity contribution in [3.63, 3.8) is 0 Å². The Balaban J connectivity index is 1.56. The second-order valence-electron chi connectivity index (χ2n) is 5.86. The molecule has 2 saturated heterocycles. The summed E-state index contributed by atoms with van der Waals surface area (Å²) in [6.45, 7) is 2.81. The lowest BCUT2D eigenvalue weighted by Gasteiger charge is -2.36. The highest BCUT2D eigenvalue weighted by Crippen LogP contribution is 2.16. The van der Waals surface area contributed by atoms with Crippen LogP contribution in [0.2, 0.25) is 0 Å². The molecule has 0 aromatic heterocycles. The highest BCUT2D eigenvalue weighted by Gasteiger charge is 2.32. The Hall–Kier alpha value is -2.12. The van der Waals surface area contributed by atoms with Gasteiger partial charge in [-0.3, -0.25) is 9.59 Å². The first kappa shape index (κ1) is 16.7. The zero-order valence-corrected chi connectivity index (χ0v) is 13.8. The molecule has 3 rings (SSSR count). The van der Waals surface area contributed by atoms with Crippen LogP contribution < -0.4 is 4.74 Å². The SMILES string of the molecule is COc1cccc(CN2CCN(C(=O)[C@H]3COCCO3)CC2=O)c1. The molecule has 2 heterocycles. The lowest BCUT2D eigenvalue weighted by molar-refractivity contribution is -0.163. The molecule has 0 spiro atoms. The van der Waals surface area contributed by atoms with Crippen LogP contribution in [0.1, 0.15) is 5.56 Å². The summed E-state index contributed by atoms with van der Waals surface area (Å²) in [6, 6.07) is 7.64. The number of ether oxygens (including phenoxy) is 3. The van der Waals surface area contributed by atoms with Crippen LogP contribution in [0.4, 0.5) is 0 Å². The van der Waals surface area contributed by atoms with E-state index in [1.165, 1.54) is 0 Å². The van der Waals surface area contributed by atoms with Crippen LogP contribution >= 0.6 is 0 Å². The number of amides is 2. The first-order valence-corrected chi connectivity index (χ1v) is 8.06. The minimum Gasteiger partial charge on any atom is -0.497 e. The van der Waals surface area contributed by atoms with E-state index in [1.807, 2.05) is 24.3 Å². The molecule has 0 bridgehead atoms. The molecule has 0 N–H and O–H groups in total. The predicted molar refractivity (Wildman–Crippen MR) is 85.6 cm³/mol. The van der Waals surface area contributed by atoms with E-state index in [0.29, 0.717) is 32.8 Å². The molecular formula is C17H22N2O5. The Morgan fingerprint density at radius 1 is 1.33 bits per heavy atom. The van der Waals surface area contributed by atoms with Crippen LogP contribution in [-0.4, -0.2) is 74.3 Å². The van der Waals surface area contributed by atoms with E-state index >= 15 is 0 Å². The minimum absolute atomic E-state index is 0.0610. The Morgan fingerprint density at radius 3 is 2.92 bits per heavy atom. The molecule has 0 saturated carbocycles. The van der Waals surface area contributed by atoms with Gasteiger partial charge in [-0.2, -0.15) is 0 Å². The van der Waals surface area contributed by atoms with E-state index < -0.39 is 6.10 Å². The molecular weight excluding hydrogens is 312 g/mol. The third-order valence-corrected chi connectivity index (χ3v) is 4.23. The molecule has 2 aliphatic heterocycles. The Morgan fingerprint density at radius 2 is 2.21 bits per heavy atom. The third-order valence-electron chi connectivity index (χ3n) is 4.23. The number of nitrogens with zero attached hydrogens (tertiary/aromatic N) is 2. The summed E-state index contributed by atoms with van der Waals surface area (Å²) >= 11 is 0. The molecule has 24 heavy (non-hydrogen) atoms. The monoisotopic (exact) mass is 334 g/mol. The summed E-state index contributed by atoms with van der Waals surface area (Å²) in [6.07, 6.45) is -0.587. The lowest BCUT2D eigenvalue weighted by Crippen LogP contribution is -2.55. The van der Waals surface area contributed by atoms with Crippen molar-refractivity contribution in [2.75, 3.05) is 46.6 Å². The standard InChI is InChI=1S/C17H22N2O5/c1-22-14-4-2-3-13(9-14)10-18-5-6-19(11-16(18)20)17(21)15-12-23-7-8-24-15/h2-4,9,15H,5-8,10-12H2,1H3/t15-/m1/s1. The largest absolute Gasteiger partial charge is 0.497 e. The number of methoxy groups -OCH3 is 1. The van der Waals surface area contributed by atoms with Crippen LogP contribution in [0.15, 0.2) is 24.3 Å². The fraction of sp³-hybridized carbons (Fsp3) is 0.529. The first-order chi connectivity index (χ1) is 11.7. The van der Waals surface area contributed by atoms with Gasteiger partial charge in [0.1, 0.15) is 5.75 Å². The zero-order chi connectivity index (χ0) is 16.9. The number of hydrogen-bond acceptors (Lipinski definition) is 5. The predicted octanol–water partition coefficient (Wildman–Crippen LogP) is 0.281. The molecule has 130 valence electrons. The molecule has 1 aromatic carbocycles. The van der Waals surface area contributed by atoms with Gasteiger partial charge >= 0.3 is 0 Å². The average molecular weight is 334 g/mol. The average Bonchev–Trinajstić information content (AvgIpc) is 2.63. The quantitative estimate of drug-likeness (QED) is 0.791. The molecule has 0 unspecified atom stereocenters. The smallest absolute Gasteiger partial charge is 0.254 e. The van der Waals surface area contributed by atoms with Gasteiger partial charge in [-0.15, -0.1) is 0 Å². The van der Waals surface area contributed by atoms with Gasteiger partial charge in [0.25, 0.3) is 5.91 Å². The van der Waals surface area contributed by atoms with Crippen molar-refractivity contribution < 1.29 is 23.8 Å². The normalized spacial score (nSPS) is 21.7. The van der Waals surface area contributed by atoms with E-state index in [4.69, 9.17) is 14.2 Å². The van der Waals surface area contributed by atoms with Gasteiger partial charge in [0, 0.05) is 19.6 Å². The van der Waals surface area contributed by atoms with Crippen LogP contribution in [0.5, 0.6) is 5.75 Å². The molecule has 0 radical (unpaired) electrons. The molecule has 7 nitrogen and oxygen atoms in total. The van der Waals surface area contributed by atoms with Crippen LogP contribution in [-0.2, 0) is 25.6 Å². The van der Waals surface area contributed by atoms with Gasteiger partial charge in [0.2, 0.25) is 5.91 Å². The van der Waals surface area contributed by atoms with Crippen molar-refractivity contribution in [2.24, 2.45) is 0 Å². The van der Waals surface area contributed by atoms with Gasteiger partial charge in [0.15, 0.2) is 6.10 Å². The fourth-order valence-electron chi connectivity index (χ4n) is 2.89. The van der Waals surface area contributed by atoms with Crippen molar-refractivity contribution in [3.8, 4) is 5.75 Å². The molecule has 2 fully saturated rings. The maximum atomic E-state index is 12.4. The molecule has 0 aliphatic carbocycles. The van der Waals surface area contributed by atoms with E-state index in [2.05, 4.69) is 0 Å². The molecule has 2 aliphatic rings. The summed E-state index contributed by atoms with van der Waals surface area (Å²) in [7, 11) is 1.62. The number of benzene rings is 1. The third kappa shape index (κ3) is 3.85. The van der Waals surface area contributed by atoms with Crippen molar-refractivity contribution in [1.29, 1.82) is 0 Å². The van der Waals surface area contributed by atoms with Crippen molar-refractivity contribution in [1.82, 2.24) is 9.80 Å². The van der Waals surface area contributed by atoms with Crippen LogP contribution in [0.3, 0.4) is 0 Å². The van der Waals surface area contributed by atoms with Gasteiger partial charge in [-0.25, -0.2) is 0 Å². The highest BCUT2D eigenvalue weighted by molar-refractivity contribution is 5.88. The molecule has 1 atom stereocenters. The van der Waals surface area contributed by atoms with Gasteiger partial charge in [-0.1, -0.05) is 12.1 Å². The number of rotatable bonds is 4. The first-order valence-electron chi connectivity index (χ1n) is 8.06. The van der Waals surface area contributed by atoms with Crippen molar-refractivity contribution in [3.05, 3.63) is 29.8 Å². The Labute approximate surface area is 141 Å². The second kappa shape index (κ2) is 7.63. The summed E-state index contributed by atoms with van der Waals surface area (Å²) in [5.74, 6) is 0.543. The highest BCUT2D eigenvalue weighted by atomic mass is 16.6. The number of carbonyl (C=O) groups excluding carboxylic acids is 2. The minimum atomic E-state index is -0.587. The van der Waals surface area contributed by atoms with E-state index in [0.717, 1.165) is 11.3 Å². The Kier molecular flexibility index (Phi) is 5.32. The number of hydrogen-bond donors (Lipinski definition) is 0. The fourth-order valence-corrected chi connectivity index (χ4v) is 2.89. The molecule has 2 amide bonds. The summed E-state index contributed by atoms with van der Waals surface area (Å²) in [5.41, 5.74) is 1.01. The molecule has 7 heteroatoms. The van der Waals surface area contributed by atoms with Crippen molar-refractivity contribution in [2.45, 2.75) is 12.6 Å². The van der Waals surface area contributed by atoms with E-state index in [9.17, 15) is 9.59 Å². The second-order valence-corrected chi connectivity index (χ2v) is 5.86. The zero-order valence-electron chi connectivity index (χ0n) is 13.8. The topological polar surface area (TPSA) is 68.3 Å². The summed E-state index contributed by atoms with van der Waals surface area (Å²) in [4.78, 5) is 28.1. The van der Waals surface area contributed by atoms with Crippen molar-refractivity contribution >= 4 is 11.8 Å². The summed E-state index contributed by atoms with van der Waals surface area (Å²) in [5, 5.41) is 0. The number of piperazine rings is 1. The lowest BCUT2D eigenvalue weighted by atomic mass is 10.1. The maximum absolute atomic E-state index is 12.4. The van der Waals surface area contributed by atoms with Gasteiger partial charge in [0.05, 0.1) is 33.5 Å². The summed E-state index contributed by atoms with van der Waals surface area (Å²) < 4.78 is 15.9. The van der Waals surface area contributed by atoms with Crippen LogP contribution in [0.25, 0.3) is 0 Å². The van der Waals surface area contributed by atoms with Gasteiger partial charge < -0.3 is 24.0 Å². The Bertz CT molecular complexity index is 600. The maximum Gasteiger partial charge on any atom is 0.254 e.